The number of amides is 3. The summed E-state index contributed by atoms with van der Waals surface area (Å²) in [4.78, 5) is 184. The Balaban J connectivity index is -0.000000183. The van der Waals surface area contributed by atoms with Gasteiger partial charge in [0.1, 0.15) is 50.5 Å². The number of rotatable bonds is 20. The standard InChI is InChI=1S/C13H23NO6.C13H21NO6.C8H14O4.C7H7ClN2O2.C7H8N2O3.C6H6ClN3O.C5H11NO3.C2HF3O.C2H7P.Cl3OP.H3N/c2*1-8(15)10(11(17)19-5)6-9(16)7-14-12(18)20-13(2,3)4;1-8(2,3)12-7(11)5-4-6(9)10;1-4-6(7(11)12-2)10-5(8)3-9-4;1-4-6(7(11)12-2)9-5(10)3-8-4;1-3-5(6(8)11)10-4(7)2-9-3;1-3(7)4(6)5(8)9-2;3-2(4,5)1-6;1-3-2;1-5(2,3)4;/h8,10,15H,6-7H2,1-5H3,(H,14,18);10H,6-7H2,1-5H3,(H,14,18);4-5H2,1-3H3,(H,9,10);3H,1-2H3;3H,1-2H3,(H,9,10);2H,1H3,(H2,8,11);3-4,7H,6H2,1-2H3;1H;3H,1-2H3;;1H3/t8-,10+;10-;;;;;3-,4+;;;;/m10....1..../s1. The Morgan fingerprint density at radius 1 is 0.622 bits per heavy atom. The van der Waals surface area contributed by atoms with Crippen LogP contribution in [0.3, 0.4) is 0 Å². The van der Waals surface area contributed by atoms with Crippen molar-refractivity contribution in [3.63, 3.8) is 0 Å². The molecule has 0 bridgehead atoms. The molecule has 0 unspecified atom stereocenters. The zero-order valence-electron chi connectivity index (χ0n) is 65.1. The van der Waals surface area contributed by atoms with Crippen LogP contribution in [0.5, 0.6) is 0 Å². The number of carboxylic acid groups (broad SMARTS) is 1. The van der Waals surface area contributed by atoms with Crippen LogP contribution < -0.4 is 33.8 Å². The van der Waals surface area contributed by atoms with E-state index in [1.54, 1.807) is 83.1 Å². The number of hydrogen-bond donors (Lipinski definition) is 9. The van der Waals surface area contributed by atoms with Gasteiger partial charge in [-0.05, 0) is 151 Å². The van der Waals surface area contributed by atoms with Gasteiger partial charge in [0.05, 0.1) is 115 Å². The highest BCUT2D eigenvalue weighted by Gasteiger charge is 2.30. The van der Waals surface area contributed by atoms with Crippen molar-refractivity contribution in [2.45, 2.75) is 171 Å². The number of nitrogens with one attached hydrogen (secondary N) is 3. The molecular formula is C63H101Cl5F3N11O27P2. The number of aliphatic carboxylic acids is 1. The van der Waals surface area contributed by atoms with Crippen molar-refractivity contribution in [2.24, 2.45) is 23.3 Å². The van der Waals surface area contributed by atoms with Gasteiger partial charge in [0, 0.05) is 12.8 Å². The lowest BCUT2D eigenvalue weighted by atomic mass is 9.97. The molecule has 5 atom stereocenters. The number of aldehydes is 1. The predicted octanol–water partition coefficient (Wildman–Crippen LogP) is 7.82. The molecular weight excluding hydrogens is 1640 g/mol. The van der Waals surface area contributed by atoms with Crippen molar-refractivity contribution in [1.82, 2.24) is 46.7 Å². The number of primary amides is 1. The zero-order chi connectivity index (χ0) is 88.2. The first-order valence-electron chi connectivity index (χ1n) is 31.0. The highest BCUT2D eigenvalue weighted by Crippen LogP contribution is 2.61. The number of aromatic nitrogens is 6. The first kappa shape index (κ1) is 119. The number of aliphatic hydroxyl groups is 2. The summed E-state index contributed by atoms with van der Waals surface area (Å²) in [5.74, 6) is -8.57. The number of ether oxygens (including phenoxy) is 8. The molecule has 3 aromatic rings. The third-order valence-corrected chi connectivity index (χ3v) is 10.9. The van der Waals surface area contributed by atoms with Gasteiger partial charge in [0.15, 0.2) is 23.0 Å². The van der Waals surface area contributed by atoms with E-state index in [0.717, 1.165) is 21.9 Å². The SMILES string of the molecule is CC(C)(C)OC(=O)CCC(=O)O.COC(=O)[C@@H](CC(=O)CNC(=O)OC(C)(C)C)C(C)=O.COC(=O)[C@@H](CC(=O)CNC(=O)OC(C)(C)C)[C@@H](C)O.COC(=O)[C@@H](N)[C@@H](C)O.COC(=O)c1[nH]c(=O)cnc1C.COC(=O)c1nc(Cl)cnc1C.CPC.Cc1ncc(Cl)nc1C(N)=O.N.O=CC(F)(F)F.O=P(Cl)(Cl)Cl. The van der Waals surface area contributed by atoms with Crippen LogP contribution in [0, 0.1) is 32.6 Å². The van der Waals surface area contributed by atoms with E-state index in [9.17, 15) is 90.0 Å². The molecule has 0 spiro atoms. The summed E-state index contributed by atoms with van der Waals surface area (Å²) < 4.78 is 77.7. The number of hydrogen-bond acceptors (Lipinski definition) is 33. The third-order valence-electron chi connectivity index (χ3n) is 10.5. The number of nitrogens with zero attached hydrogens (tertiary/aromatic N) is 5. The minimum atomic E-state index is -4.64. The summed E-state index contributed by atoms with van der Waals surface area (Å²) in [5.41, 5.74) is 9.69. The van der Waals surface area contributed by atoms with Crippen molar-refractivity contribution in [1.29, 1.82) is 0 Å². The second-order valence-electron chi connectivity index (χ2n) is 23.9. The summed E-state index contributed by atoms with van der Waals surface area (Å²) in [7, 11) is 7.16. The maximum Gasteiger partial charge on any atom is 0.446 e. The van der Waals surface area contributed by atoms with E-state index in [0.29, 0.717) is 17.1 Å². The second kappa shape index (κ2) is 61.4. The predicted molar refractivity (Wildman–Crippen MR) is 402 cm³/mol. The van der Waals surface area contributed by atoms with Gasteiger partial charge in [0.2, 0.25) is 6.29 Å². The van der Waals surface area contributed by atoms with E-state index >= 15 is 0 Å². The van der Waals surface area contributed by atoms with Gasteiger partial charge in [-0.3, -0.25) is 72.3 Å². The lowest BCUT2D eigenvalue weighted by Crippen LogP contribution is -2.40. The number of aryl methyl sites for hydroxylation is 3. The van der Waals surface area contributed by atoms with Crippen molar-refractivity contribution in [2.75, 3.05) is 62.0 Å². The van der Waals surface area contributed by atoms with E-state index in [-0.39, 0.29) is 72.3 Å². The number of carbonyl (C=O) groups excluding carboxylic acids is 13. The van der Waals surface area contributed by atoms with Crippen LogP contribution in [0.1, 0.15) is 157 Å². The number of carboxylic acids is 1. The Labute approximate surface area is 665 Å². The van der Waals surface area contributed by atoms with Crippen LogP contribution in [0.25, 0.3) is 0 Å². The molecule has 0 saturated carbocycles. The Bertz CT molecular complexity index is 3540. The van der Waals surface area contributed by atoms with Crippen LogP contribution in [-0.4, -0.2) is 232 Å². The Hall–Kier alpha value is -8.24. The van der Waals surface area contributed by atoms with Gasteiger partial charge >= 0.3 is 65.3 Å². The number of esters is 6. The fourth-order valence-corrected chi connectivity index (χ4v) is 6.07. The van der Waals surface area contributed by atoms with Crippen LogP contribution in [0.4, 0.5) is 22.8 Å². The second-order valence-corrected chi connectivity index (χ2v) is 32.3. The molecule has 0 radical (unpaired) electrons. The van der Waals surface area contributed by atoms with E-state index in [2.05, 4.69) is 111 Å². The molecule has 636 valence electrons. The molecule has 3 amide bonds. The molecule has 0 fully saturated rings. The normalized spacial score (nSPS) is 11.6. The van der Waals surface area contributed by atoms with Crippen LogP contribution in [-0.2, 0) is 85.6 Å². The van der Waals surface area contributed by atoms with Crippen molar-refractivity contribution >= 4 is 154 Å². The lowest BCUT2D eigenvalue weighted by molar-refractivity contribution is -0.157. The number of aromatic amines is 1. The molecule has 13 N–H and O–H groups in total. The number of alkyl carbamates (subject to hydrolysis) is 2. The minimum Gasteiger partial charge on any atom is -0.481 e. The molecule has 0 aliphatic heterocycles. The molecule has 0 aliphatic rings. The summed E-state index contributed by atoms with van der Waals surface area (Å²) in [6.07, 6.45) is -5.90. The highest BCUT2D eigenvalue weighted by molar-refractivity contribution is 8.24. The lowest BCUT2D eigenvalue weighted by Gasteiger charge is -2.20. The van der Waals surface area contributed by atoms with E-state index < -0.39 is 147 Å². The number of H-pyrrole nitrogens is 1. The molecule has 0 aromatic carbocycles. The summed E-state index contributed by atoms with van der Waals surface area (Å²) in [5, 5.41) is 28.1. The first-order valence-corrected chi connectivity index (χ1v) is 38.2. The van der Waals surface area contributed by atoms with Gasteiger partial charge in [-0.25, -0.2) is 29.1 Å². The van der Waals surface area contributed by atoms with Gasteiger partial charge < -0.3 is 86.4 Å². The number of halogens is 8. The number of nitrogens with two attached hydrogens (primary N) is 2. The topological polar surface area (TPSA) is 599 Å². The maximum atomic E-state index is 11.7. The molecule has 3 rings (SSSR count). The molecule has 3 heterocycles. The van der Waals surface area contributed by atoms with Gasteiger partial charge in [0.25, 0.3) is 11.5 Å². The van der Waals surface area contributed by atoms with Crippen molar-refractivity contribution < 1.29 is 138 Å². The Morgan fingerprint density at radius 2 is 0.982 bits per heavy atom. The third kappa shape index (κ3) is 73.0. The van der Waals surface area contributed by atoms with Gasteiger partial charge in [-0.15, -0.1) is 8.58 Å². The first-order chi connectivity index (χ1) is 49.9. The molecule has 3 aromatic heterocycles. The Kier molecular flexibility index (Phi) is 65.5. The number of methoxy groups -OCH3 is 5. The molecule has 0 aliphatic carbocycles. The Morgan fingerprint density at radius 3 is 1.28 bits per heavy atom. The number of ketones is 3. The average molecular weight is 1740 g/mol. The monoisotopic (exact) mass is 1740 g/mol. The average Bonchev–Trinajstić information content (AvgIpc) is 0.874. The van der Waals surface area contributed by atoms with Crippen LogP contribution in [0.15, 0.2) is 23.4 Å². The smallest absolute Gasteiger partial charge is 0.446 e. The molecule has 48 heteroatoms. The minimum absolute atomic E-state index is 0. The zero-order valence-corrected chi connectivity index (χ0v) is 70.8. The number of aliphatic hydroxyl groups excluding tert-OH is 2. The largest absolute Gasteiger partial charge is 0.481 e. The molecule has 0 saturated heterocycles. The van der Waals surface area contributed by atoms with E-state index in [4.69, 9.17) is 63.9 Å². The number of carbonyl (C=O) groups is 14. The van der Waals surface area contributed by atoms with Crippen molar-refractivity contribution in [3.8, 4) is 0 Å². The molecule has 111 heavy (non-hydrogen) atoms. The van der Waals surface area contributed by atoms with Crippen LogP contribution >= 0.6 is 70.7 Å². The van der Waals surface area contributed by atoms with Gasteiger partial charge in [-0.2, -0.15) is 13.2 Å². The maximum absolute atomic E-state index is 11.7. The number of alkyl halides is 3. The fourth-order valence-electron chi connectivity index (χ4n) is 5.80. The molecule has 38 nitrogen and oxygen atoms in total. The van der Waals surface area contributed by atoms with Gasteiger partial charge in [-0.1, -0.05) is 23.2 Å². The van der Waals surface area contributed by atoms with E-state index in [1.807, 2.05) is 0 Å². The quantitative estimate of drug-likeness (QED) is 0.0171. The fraction of sp³-hybridized carbons (Fsp3) is 0.587. The van der Waals surface area contributed by atoms with Crippen LogP contribution in [0.2, 0.25) is 10.3 Å². The van der Waals surface area contributed by atoms with E-state index in [1.165, 1.54) is 61.6 Å². The summed E-state index contributed by atoms with van der Waals surface area (Å²) in [6, 6.07) is -0.921. The number of Topliss-reactive ketones (excluding diaryl/α,β-unsaturated/α-hetero) is 3. The van der Waals surface area contributed by atoms with Crippen molar-refractivity contribution in [3.05, 3.63) is 73.4 Å². The highest BCUT2D eigenvalue weighted by atomic mass is 36.0. The summed E-state index contributed by atoms with van der Waals surface area (Å²) in [6.45, 7) is 28.1. The summed E-state index contributed by atoms with van der Waals surface area (Å²) >= 11 is 24.9.